The van der Waals surface area contributed by atoms with E-state index in [4.69, 9.17) is 14.3 Å². The van der Waals surface area contributed by atoms with Crippen molar-refractivity contribution in [2.75, 3.05) is 27.4 Å². The highest BCUT2D eigenvalue weighted by atomic mass is 19.2. The Balaban J connectivity index is 1.45. The lowest BCUT2D eigenvalue weighted by Gasteiger charge is -2.42. The summed E-state index contributed by atoms with van der Waals surface area (Å²) in [4.78, 5) is 12.0. The van der Waals surface area contributed by atoms with Gasteiger partial charge in [-0.25, -0.2) is 18.2 Å². The van der Waals surface area contributed by atoms with Crippen molar-refractivity contribution >= 4 is 11.9 Å². The minimum absolute atomic E-state index is 0.0604. The number of imidazole rings is 1. The Morgan fingerprint density at radius 1 is 1.05 bits per heavy atom. The normalized spacial score (nSPS) is 20.5. The topological polar surface area (TPSA) is 61.1 Å². The maximum atomic E-state index is 14.2. The zero-order valence-corrected chi connectivity index (χ0v) is 21.4. The molecule has 10 heteroatoms. The van der Waals surface area contributed by atoms with Gasteiger partial charge < -0.3 is 23.8 Å². The fourth-order valence-corrected chi connectivity index (χ4v) is 5.03. The second kappa shape index (κ2) is 10.9. The zero-order valence-electron chi connectivity index (χ0n) is 21.4. The molecular formula is C28H29F3N4O3. The minimum atomic E-state index is -1.49. The number of aromatic nitrogens is 2. The van der Waals surface area contributed by atoms with Crippen LogP contribution >= 0.6 is 0 Å². The molecule has 0 amide bonds. The Labute approximate surface area is 219 Å². The van der Waals surface area contributed by atoms with Crippen molar-refractivity contribution in [2.24, 2.45) is 11.1 Å². The molecule has 2 aliphatic heterocycles. The summed E-state index contributed by atoms with van der Waals surface area (Å²) in [7, 11) is 3.39. The number of hydrogen-bond acceptors (Lipinski definition) is 6. The third-order valence-electron chi connectivity index (χ3n) is 7.05. The van der Waals surface area contributed by atoms with Crippen LogP contribution in [0.25, 0.3) is 11.8 Å². The molecule has 200 valence electrons. The summed E-state index contributed by atoms with van der Waals surface area (Å²) in [5, 5.41) is 4.34. The Kier molecular flexibility index (Phi) is 7.42. The number of likely N-dealkylation sites (N-methyl/N-ethyl adjacent to an activating group) is 1. The summed E-state index contributed by atoms with van der Waals surface area (Å²) >= 11 is 0. The number of rotatable bonds is 6. The molecule has 7 nitrogen and oxygen atoms in total. The maximum absolute atomic E-state index is 14.2. The first-order valence-corrected chi connectivity index (χ1v) is 12.4. The highest BCUT2D eigenvalue weighted by Gasteiger charge is 2.40. The third kappa shape index (κ3) is 5.13. The van der Waals surface area contributed by atoms with Gasteiger partial charge in [-0.05, 0) is 61.2 Å². The lowest BCUT2D eigenvalue weighted by molar-refractivity contribution is -0.0765. The number of hydrogen-bond donors (Lipinski definition) is 0. The molecule has 2 aromatic carbocycles. The van der Waals surface area contributed by atoms with Gasteiger partial charge in [-0.3, -0.25) is 0 Å². The van der Waals surface area contributed by atoms with Gasteiger partial charge in [0.1, 0.15) is 5.75 Å². The molecule has 38 heavy (non-hydrogen) atoms. The van der Waals surface area contributed by atoms with E-state index < -0.39 is 29.6 Å². The number of amidine groups is 1. The number of aryl methyl sites for hydroxylation is 1. The van der Waals surface area contributed by atoms with Gasteiger partial charge in [0.05, 0.1) is 30.9 Å². The molecule has 3 heterocycles. The highest BCUT2D eigenvalue weighted by molar-refractivity contribution is 5.96. The number of oxime groups is 1. The maximum Gasteiger partial charge on any atom is 0.194 e. The van der Waals surface area contributed by atoms with Crippen molar-refractivity contribution in [3.05, 3.63) is 83.2 Å². The molecule has 1 fully saturated rings. The van der Waals surface area contributed by atoms with E-state index in [0.29, 0.717) is 24.8 Å². The van der Waals surface area contributed by atoms with Crippen LogP contribution in [-0.4, -0.2) is 53.8 Å². The summed E-state index contributed by atoms with van der Waals surface area (Å²) in [6, 6.07) is 7.23. The van der Waals surface area contributed by atoms with Gasteiger partial charge in [-0.1, -0.05) is 17.3 Å². The van der Waals surface area contributed by atoms with E-state index in [1.54, 1.807) is 26.6 Å². The predicted octanol–water partition coefficient (Wildman–Crippen LogP) is 5.43. The van der Waals surface area contributed by atoms with Gasteiger partial charge in [0.25, 0.3) is 0 Å². The Hall–Kier alpha value is -3.79. The van der Waals surface area contributed by atoms with Crippen LogP contribution in [0, 0.1) is 30.3 Å². The lowest BCUT2D eigenvalue weighted by Crippen LogP contribution is -2.46. The van der Waals surface area contributed by atoms with Crippen LogP contribution < -0.4 is 4.74 Å². The van der Waals surface area contributed by atoms with Gasteiger partial charge in [-0.2, -0.15) is 0 Å². The molecule has 1 saturated heterocycles. The molecule has 0 radical (unpaired) electrons. The van der Waals surface area contributed by atoms with Crippen molar-refractivity contribution in [3.8, 4) is 11.4 Å². The van der Waals surface area contributed by atoms with E-state index in [1.165, 1.54) is 0 Å². The monoisotopic (exact) mass is 526 g/mol. The summed E-state index contributed by atoms with van der Waals surface area (Å²) in [5.41, 5.74) is 2.87. The molecule has 2 atom stereocenters. The smallest absolute Gasteiger partial charge is 0.194 e. The third-order valence-corrected chi connectivity index (χ3v) is 7.05. The first-order chi connectivity index (χ1) is 18.4. The molecule has 5 rings (SSSR count). The summed E-state index contributed by atoms with van der Waals surface area (Å²) in [6.45, 7) is 3.05. The number of ether oxygens (including phenoxy) is 2. The minimum Gasteiger partial charge on any atom is -0.495 e. The Morgan fingerprint density at radius 3 is 2.45 bits per heavy atom. The molecule has 0 saturated carbocycles. The van der Waals surface area contributed by atoms with E-state index in [2.05, 4.69) is 10.1 Å². The lowest BCUT2D eigenvalue weighted by atomic mass is 9.85. The fourth-order valence-electron chi connectivity index (χ4n) is 5.03. The SMILES string of the molecule is COc1cc(/C=C/C2=NOC(C3CCOCC3)[C@H](c3cc(F)c(F)c(F)c3)N2C)ccc1-n1cnc(C)c1. The van der Waals surface area contributed by atoms with Crippen molar-refractivity contribution in [3.63, 3.8) is 0 Å². The highest BCUT2D eigenvalue weighted by Crippen LogP contribution is 2.38. The van der Waals surface area contributed by atoms with Crippen LogP contribution in [0.4, 0.5) is 13.2 Å². The average Bonchev–Trinajstić information content (AvgIpc) is 3.36. The largest absolute Gasteiger partial charge is 0.495 e. The quantitative estimate of drug-likeness (QED) is 0.401. The zero-order chi connectivity index (χ0) is 26.8. The number of nitrogens with zero attached hydrogens (tertiary/aromatic N) is 4. The number of methoxy groups -OCH3 is 1. The van der Waals surface area contributed by atoms with Gasteiger partial charge in [0.15, 0.2) is 29.4 Å². The van der Waals surface area contributed by atoms with E-state index in [1.807, 2.05) is 46.9 Å². The standard InChI is InChI=1S/C28H29F3N4O3/c1-17-15-35(16-32-17)23-6-4-18(12-24(23)36-3)5-7-25-33-38-28(19-8-10-37-11-9-19)27(34(25)2)20-13-21(29)26(31)22(30)14-20/h4-7,12-16,19,27-28H,8-11H2,1-3H3/b7-5+/t27-,28?/m0/s1. The Bertz CT molecular complexity index is 1340. The molecule has 0 spiro atoms. The summed E-state index contributed by atoms with van der Waals surface area (Å²) in [6.07, 6.45) is 8.22. The number of benzene rings is 2. The molecular weight excluding hydrogens is 497 g/mol. The Morgan fingerprint density at radius 2 is 1.79 bits per heavy atom. The van der Waals surface area contributed by atoms with Crippen LogP contribution in [0.2, 0.25) is 0 Å². The summed E-state index contributed by atoms with van der Waals surface area (Å²) in [5.74, 6) is -2.79. The first kappa shape index (κ1) is 25.8. The van der Waals surface area contributed by atoms with Crippen molar-refractivity contribution in [1.29, 1.82) is 0 Å². The molecule has 0 aliphatic carbocycles. The first-order valence-electron chi connectivity index (χ1n) is 12.4. The van der Waals surface area contributed by atoms with Crippen LogP contribution in [0.3, 0.4) is 0 Å². The van der Waals surface area contributed by atoms with Gasteiger partial charge >= 0.3 is 0 Å². The second-order valence-electron chi connectivity index (χ2n) is 9.51. The van der Waals surface area contributed by atoms with Gasteiger partial charge in [0.2, 0.25) is 0 Å². The molecule has 2 aliphatic rings. The van der Waals surface area contributed by atoms with Gasteiger partial charge in [0, 0.05) is 32.4 Å². The van der Waals surface area contributed by atoms with Crippen molar-refractivity contribution < 1.29 is 27.5 Å². The predicted molar refractivity (Wildman–Crippen MR) is 137 cm³/mol. The van der Waals surface area contributed by atoms with Gasteiger partial charge in [-0.15, -0.1) is 0 Å². The van der Waals surface area contributed by atoms with Crippen molar-refractivity contribution in [2.45, 2.75) is 31.9 Å². The molecule has 1 unspecified atom stereocenters. The van der Waals surface area contributed by atoms with Crippen LogP contribution in [-0.2, 0) is 9.57 Å². The van der Waals surface area contributed by atoms with E-state index >= 15 is 0 Å². The molecule has 3 aromatic rings. The second-order valence-corrected chi connectivity index (χ2v) is 9.51. The van der Waals surface area contributed by atoms with Crippen LogP contribution in [0.1, 0.15) is 35.7 Å². The molecule has 0 bridgehead atoms. The van der Waals surface area contributed by atoms with E-state index in [0.717, 1.165) is 41.9 Å². The molecule has 1 aromatic heterocycles. The summed E-state index contributed by atoms with van der Waals surface area (Å²) < 4.78 is 55.2. The van der Waals surface area contributed by atoms with E-state index in [9.17, 15) is 13.2 Å². The fraction of sp³-hybridized carbons (Fsp3) is 0.357. The van der Waals surface area contributed by atoms with Crippen molar-refractivity contribution in [1.82, 2.24) is 14.5 Å². The van der Waals surface area contributed by atoms with E-state index in [-0.39, 0.29) is 11.5 Å². The number of halogens is 3. The average molecular weight is 527 g/mol. The van der Waals surface area contributed by atoms with Crippen LogP contribution in [0.5, 0.6) is 5.75 Å². The molecule has 0 N–H and O–H groups in total. The van der Waals surface area contributed by atoms with Crippen LogP contribution in [0.15, 0.2) is 54.1 Å².